The molecule has 4 aliphatic rings. The molecule has 2 aromatic rings. The summed E-state index contributed by atoms with van der Waals surface area (Å²) in [5.74, 6) is -2.88. The molecule has 1 aromatic carbocycles. The van der Waals surface area contributed by atoms with Gasteiger partial charge in [0.1, 0.15) is 5.82 Å². The second kappa shape index (κ2) is 8.36. The molecule has 3 heterocycles. The Hall–Kier alpha value is -2.30. The maximum absolute atomic E-state index is 13.9. The van der Waals surface area contributed by atoms with Gasteiger partial charge in [-0.25, -0.2) is 13.8 Å². The van der Waals surface area contributed by atoms with E-state index in [2.05, 4.69) is 43.9 Å². The summed E-state index contributed by atoms with van der Waals surface area (Å²) in [6, 6.07) is 9.27. The molecule has 1 saturated heterocycles. The number of nitrogens with zero attached hydrogens (tertiary/aromatic N) is 3. The van der Waals surface area contributed by atoms with Gasteiger partial charge >= 0.3 is 0 Å². The van der Waals surface area contributed by atoms with Crippen LogP contribution in [0.15, 0.2) is 30.3 Å². The molecule has 6 rings (SSSR count). The van der Waals surface area contributed by atoms with Gasteiger partial charge in [-0.15, -0.1) is 0 Å². The average molecular weight is 606 g/mol. The maximum atomic E-state index is 13.9. The van der Waals surface area contributed by atoms with Crippen molar-refractivity contribution in [3.05, 3.63) is 45.2 Å². The van der Waals surface area contributed by atoms with E-state index in [-0.39, 0.29) is 37.5 Å². The molecule has 9 heteroatoms. The number of benzene rings is 1. The van der Waals surface area contributed by atoms with E-state index in [0.29, 0.717) is 28.2 Å². The Kier molecular flexibility index (Phi) is 5.59. The predicted molar refractivity (Wildman–Crippen MR) is 143 cm³/mol. The summed E-state index contributed by atoms with van der Waals surface area (Å²) in [5, 5.41) is 2.93. The van der Waals surface area contributed by atoms with Gasteiger partial charge in [-0.1, -0.05) is 0 Å². The topological polar surface area (TPSA) is 65.5 Å². The molecule has 1 aromatic heterocycles. The predicted octanol–water partition coefficient (Wildman–Crippen LogP) is 5.74. The Balaban J connectivity index is 1.27. The quantitative estimate of drug-likeness (QED) is 0.453. The van der Waals surface area contributed by atoms with Gasteiger partial charge in [0.25, 0.3) is 5.91 Å². The lowest BCUT2D eigenvalue weighted by Crippen LogP contribution is -2.44. The van der Waals surface area contributed by atoms with Gasteiger partial charge in [0.05, 0.1) is 28.0 Å². The summed E-state index contributed by atoms with van der Waals surface area (Å²) in [5.41, 5.74) is 2.13. The third-order valence-electron chi connectivity index (χ3n) is 8.81. The van der Waals surface area contributed by atoms with E-state index < -0.39 is 11.3 Å². The van der Waals surface area contributed by atoms with Crippen LogP contribution in [0, 0.1) is 8.99 Å². The van der Waals surface area contributed by atoms with Crippen molar-refractivity contribution < 1.29 is 18.4 Å². The molecule has 3 fully saturated rings. The van der Waals surface area contributed by atoms with Crippen molar-refractivity contribution in [3.8, 4) is 0 Å². The van der Waals surface area contributed by atoms with Gasteiger partial charge in [-0.05, 0) is 96.9 Å². The van der Waals surface area contributed by atoms with Crippen molar-refractivity contribution in [3.63, 3.8) is 0 Å². The number of carbonyl (C=O) groups excluding carboxylic acids is 2. The van der Waals surface area contributed by atoms with Crippen molar-refractivity contribution in [1.82, 2.24) is 4.98 Å². The van der Waals surface area contributed by atoms with E-state index in [0.717, 1.165) is 35.2 Å². The van der Waals surface area contributed by atoms with E-state index in [1.54, 1.807) is 19.2 Å². The summed E-state index contributed by atoms with van der Waals surface area (Å²) in [7, 11) is 1.66. The number of likely N-dealkylation sites (N-methyl/N-ethyl adjacent to an activating group) is 1. The standard InChI is InChI=1S/C27H29F2IN4O2/c1-33-19-4-5-21(31-22(19)26(24(33)36)8-10-27(28,29)11-9-26)32-23(35)18-3-2-17(30)16-20(18)34-14-12-25(6-7-25)13-15-34/h2-5,16H,6-15H2,1H3,(H,31,32,35). The number of rotatable bonds is 3. The minimum absolute atomic E-state index is 0.0539. The number of fused-ring (bicyclic) bond motifs is 2. The van der Waals surface area contributed by atoms with Gasteiger partial charge in [-0.3, -0.25) is 9.59 Å². The van der Waals surface area contributed by atoms with Crippen LogP contribution in [0.1, 0.15) is 67.4 Å². The number of anilines is 3. The molecule has 190 valence electrons. The van der Waals surface area contributed by atoms with Gasteiger partial charge in [-0.2, -0.15) is 0 Å². The average Bonchev–Trinajstić information content (AvgIpc) is 3.58. The Labute approximate surface area is 223 Å². The zero-order valence-corrected chi connectivity index (χ0v) is 22.4. The highest BCUT2D eigenvalue weighted by Gasteiger charge is 2.55. The summed E-state index contributed by atoms with van der Waals surface area (Å²) >= 11 is 2.27. The molecule has 1 N–H and O–H groups in total. The molecule has 2 amide bonds. The second-order valence-corrected chi connectivity index (χ2v) is 12.2. The molecule has 0 atom stereocenters. The van der Waals surface area contributed by atoms with Gasteiger partial charge < -0.3 is 15.1 Å². The van der Waals surface area contributed by atoms with Crippen LogP contribution < -0.4 is 15.1 Å². The Bertz CT molecular complexity index is 1240. The van der Waals surface area contributed by atoms with Gasteiger partial charge in [0.2, 0.25) is 11.8 Å². The molecule has 36 heavy (non-hydrogen) atoms. The molecule has 0 unspecified atom stereocenters. The van der Waals surface area contributed by atoms with Crippen LogP contribution in [-0.4, -0.2) is 42.9 Å². The number of hydrogen-bond acceptors (Lipinski definition) is 4. The van der Waals surface area contributed by atoms with Crippen LogP contribution in [0.3, 0.4) is 0 Å². The number of carbonyl (C=O) groups is 2. The SMILES string of the molecule is CN1C(=O)C2(CCC(F)(F)CC2)c2nc(NC(=O)c3ccc(I)cc3N3CCC4(CC3)CC4)ccc21. The smallest absolute Gasteiger partial charge is 0.258 e. The third kappa shape index (κ3) is 3.97. The van der Waals surface area contributed by atoms with Gasteiger partial charge in [0.15, 0.2) is 0 Å². The van der Waals surface area contributed by atoms with Crippen LogP contribution >= 0.6 is 22.6 Å². The Morgan fingerprint density at radius 3 is 2.33 bits per heavy atom. The highest BCUT2D eigenvalue weighted by Crippen LogP contribution is 2.54. The maximum Gasteiger partial charge on any atom is 0.258 e. The minimum Gasteiger partial charge on any atom is -0.371 e. The fourth-order valence-corrected chi connectivity index (χ4v) is 6.68. The molecular formula is C27H29F2IN4O2. The van der Waals surface area contributed by atoms with Crippen LogP contribution in [0.2, 0.25) is 0 Å². The number of piperidine rings is 1. The van der Waals surface area contributed by atoms with E-state index >= 15 is 0 Å². The lowest BCUT2D eigenvalue weighted by molar-refractivity contribution is -0.128. The van der Waals surface area contributed by atoms with E-state index in [4.69, 9.17) is 0 Å². The normalized spacial score (nSPS) is 23.2. The van der Waals surface area contributed by atoms with Crippen LogP contribution in [-0.2, 0) is 10.2 Å². The van der Waals surface area contributed by atoms with Crippen molar-refractivity contribution in [2.45, 2.75) is 62.7 Å². The Morgan fingerprint density at radius 2 is 1.67 bits per heavy atom. The first kappa shape index (κ1) is 24.1. The Morgan fingerprint density at radius 1 is 0.972 bits per heavy atom. The van der Waals surface area contributed by atoms with Crippen molar-refractivity contribution in [2.75, 3.05) is 35.3 Å². The molecule has 2 aliphatic heterocycles. The monoisotopic (exact) mass is 606 g/mol. The number of aromatic nitrogens is 1. The summed E-state index contributed by atoms with van der Waals surface area (Å²) in [6.45, 7) is 1.89. The highest BCUT2D eigenvalue weighted by atomic mass is 127. The number of pyridine rings is 1. The fraction of sp³-hybridized carbons (Fsp3) is 0.519. The molecule has 0 bridgehead atoms. The van der Waals surface area contributed by atoms with Crippen molar-refractivity contribution in [2.24, 2.45) is 5.41 Å². The summed E-state index contributed by atoms with van der Waals surface area (Å²) in [6.07, 6.45) is 4.39. The van der Waals surface area contributed by atoms with E-state index in [1.807, 2.05) is 12.1 Å². The van der Waals surface area contributed by atoms with Crippen molar-refractivity contribution >= 4 is 51.6 Å². The number of halogens is 3. The molecule has 2 saturated carbocycles. The first-order valence-corrected chi connectivity index (χ1v) is 13.7. The first-order chi connectivity index (χ1) is 17.1. The summed E-state index contributed by atoms with van der Waals surface area (Å²) < 4.78 is 28.9. The van der Waals surface area contributed by atoms with E-state index in [1.165, 1.54) is 17.7 Å². The van der Waals surface area contributed by atoms with Gasteiger partial charge in [0, 0.05) is 36.5 Å². The number of nitrogens with one attached hydrogen (secondary N) is 1. The first-order valence-electron chi connectivity index (χ1n) is 12.7. The third-order valence-corrected chi connectivity index (χ3v) is 9.48. The van der Waals surface area contributed by atoms with Crippen molar-refractivity contribution in [1.29, 1.82) is 0 Å². The molecule has 0 radical (unpaired) electrons. The second-order valence-electron chi connectivity index (χ2n) is 11.0. The molecular weight excluding hydrogens is 577 g/mol. The summed E-state index contributed by atoms with van der Waals surface area (Å²) in [4.78, 5) is 35.1. The highest BCUT2D eigenvalue weighted by molar-refractivity contribution is 14.1. The zero-order valence-electron chi connectivity index (χ0n) is 20.2. The largest absolute Gasteiger partial charge is 0.371 e. The number of hydrogen-bond donors (Lipinski definition) is 1. The van der Waals surface area contributed by atoms with Crippen LogP contribution in [0.25, 0.3) is 0 Å². The van der Waals surface area contributed by atoms with E-state index in [9.17, 15) is 18.4 Å². The number of amides is 2. The van der Waals surface area contributed by atoms with Crippen LogP contribution in [0.4, 0.5) is 26.0 Å². The fourth-order valence-electron chi connectivity index (χ4n) is 6.21. The van der Waals surface area contributed by atoms with Crippen LogP contribution in [0.5, 0.6) is 0 Å². The number of alkyl halides is 2. The molecule has 2 aliphatic carbocycles. The lowest BCUT2D eigenvalue weighted by Gasteiger charge is -2.35. The lowest BCUT2D eigenvalue weighted by atomic mass is 9.71. The minimum atomic E-state index is -2.76. The zero-order chi connectivity index (χ0) is 25.3. The molecule has 2 spiro atoms. The molecule has 6 nitrogen and oxygen atoms in total.